The first-order valence-electron chi connectivity index (χ1n) is 5.91. The molecule has 17 heavy (non-hydrogen) atoms. The van der Waals surface area contributed by atoms with Crippen LogP contribution in [0, 0.1) is 6.92 Å². The van der Waals surface area contributed by atoms with Gasteiger partial charge in [0.2, 0.25) is 0 Å². The number of aryl methyl sites for hydroxylation is 2. The Kier molecular flexibility index (Phi) is 3.88. The maximum absolute atomic E-state index is 4.27. The van der Waals surface area contributed by atoms with Crippen molar-refractivity contribution in [2.75, 3.05) is 0 Å². The number of rotatable bonds is 5. The molecule has 0 spiro atoms. The van der Waals surface area contributed by atoms with Crippen molar-refractivity contribution in [2.24, 2.45) is 0 Å². The average Bonchev–Trinajstić information content (AvgIpc) is 2.80. The van der Waals surface area contributed by atoms with Crippen molar-refractivity contribution in [2.45, 2.75) is 33.5 Å². The molecule has 0 radical (unpaired) electrons. The van der Waals surface area contributed by atoms with Gasteiger partial charge in [0.05, 0.1) is 6.20 Å². The maximum Gasteiger partial charge on any atom is 0.0534 e. The monoisotopic (exact) mass is 230 g/mol. The molecule has 2 aromatic rings. The zero-order valence-corrected chi connectivity index (χ0v) is 10.3. The molecule has 0 aliphatic rings. The van der Waals surface area contributed by atoms with Crippen LogP contribution in [0.3, 0.4) is 0 Å². The van der Waals surface area contributed by atoms with E-state index in [2.05, 4.69) is 34.6 Å². The molecule has 2 heterocycles. The topological polar surface area (TPSA) is 42.7 Å². The molecular formula is C13H18N4. The molecule has 0 bridgehead atoms. The lowest BCUT2D eigenvalue weighted by atomic mass is 10.2. The largest absolute Gasteiger partial charge is 0.308 e. The van der Waals surface area contributed by atoms with Crippen molar-refractivity contribution < 1.29 is 0 Å². The van der Waals surface area contributed by atoms with Crippen molar-refractivity contribution in [1.82, 2.24) is 20.1 Å². The second-order valence-electron chi connectivity index (χ2n) is 4.12. The lowest BCUT2D eigenvalue weighted by Crippen LogP contribution is -2.12. The summed E-state index contributed by atoms with van der Waals surface area (Å²) in [4.78, 5) is 4.27. The molecular weight excluding hydrogens is 212 g/mol. The van der Waals surface area contributed by atoms with E-state index in [9.17, 15) is 0 Å². The highest BCUT2D eigenvalue weighted by atomic mass is 15.3. The molecule has 4 heteroatoms. The van der Waals surface area contributed by atoms with Crippen LogP contribution in [-0.2, 0) is 19.6 Å². The SMILES string of the molecule is CCn1cc(CNCc2ccc(C)nc2)cn1. The molecule has 4 nitrogen and oxygen atoms in total. The van der Waals surface area contributed by atoms with Crippen LogP contribution in [0.4, 0.5) is 0 Å². The summed E-state index contributed by atoms with van der Waals surface area (Å²) < 4.78 is 1.93. The van der Waals surface area contributed by atoms with Gasteiger partial charge in [0.1, 0.15) is 0 Å². The van der Waals surface area contributed by atoms with E-state index < -0.39 is 0 Å². The molecule has 0 aliphatic carbocycles. The Bertz CT molecular complexity index is 459. The molecule has 0 fully saturated rings. The minimum absolute atomic E-state index is 0.838. The molecule has 1 N–H and O–H groups in total. The quantitative estimate of drug-likeness (QED) is 0.853. The third-order valence-corrected chi connectivity index (χ3v) is 2.64. The highest BCUT2D eigenvalue weighted by Gasteiger charge is 1.97. The number of aromatic nitrogens is 3. The molecule has 0 aromatic carbocycles. The molecule has 0 amide bonds. The summed E-state index contributed by atoms with van der Waals surface area (Å²) in [6.45, 7) is 6.68. The molecule has 0 atom stereocenters. The highest BCUT2D eigenvalue weighted by Crippen LogP contribution is 2.01. The second-order valence-corrected chi connectivity index (χ2v) is 4.12. The Morgan fingerprint density at radius 3 is 2.65 bits per heavy atom. The summed E-state index contributed by atoms with van der Waals surface area (Å²) >= 11 is 0. The number of nitrogens with zero attached hydrogens (tertiary/aromatic N) is 3. The van der Waals surface area contributed by atoms with Gasteiger partial charge in [0.25, 0.3) is 0 Å². The lowest BCUT2D eigenvalue weighted by molar-refractivity contribution is 0.655. The summed E-state index contributed by atoms with van der Waals surface area (Å²) in [5.74, 6) is 0. The van der Waals surface area contributed by atoms with Crippen molar-refractivity contribution in [3.05, 3.63) is 47.5 Å². The van der Waals surface area contributed by atoms with E-state index in [0.29, 0.717) is 0 Å². The third kappa shape index (κ3) is 3.39. The van der Waals surface area contributed by atoms with Gasteiger partial charge in [0.15, 0.2) is 0 Å². The third-order valence-electron chi connectivity index (χ3n) is 2.64. The van der Waals surface area contributed by atoms with E-state index in [1.54, 1.807) is 0 Å². The van der Waals surface area contributed by atoms with Gasteiger partial charge >= 0.3 is 0 Å². The average molecular weight is 230 g/mol. The standard InChI is InChI=1S/C13H18N4/c1-3-17-10-13(9-16-17)7-14-6-12-5-4-11(2)15-8-12/h4-5,8-10,14H,3,6-7H2,1-2H3. The second kappa shape index (κ2) is 5.59. The Labute approximate surface area is 102 Å². The fraction of sp³-hybridized carbons (Fsp3) is 0.385. The Morgan fingerprint density at radius 2 is 2.00 bits per heavy atom. The Balaban J connectivity index is 1.81. The number of hydrogen-bond donors (Lipinski definition) is 1. The van der Waals surface area contributed by atoms with Crippen molar-refractivity contribution in [3.63, 3.8) is 0 Å². The molecule has 0 unspecified atom stereocenters. The van der Waals surface area contributed by atoms with Gasteiger partial charge in [-0.3, -0.25) is 9.67 Å². The Morgan fingerprint density at radius 1 is 1.18 bits per heavy atom. The number of pyridine rings is 1. The Hall–Kier alpha value is -1.68. The molecule has 2 rings (SSSR count). The van der Waals surface area contributed by atoms with Crippen molar-refractivity contribution in [3.8, 4) is 0 Å². The first-order valence-corrected chi connectivity index (χ1v) is 5.91. The van der Waals surface area contributed by atoms with E-state index in [-0.39, 0.29) is 0 Å². The van der Waals surface area contributed by atoms with E-state index in [1.165, 1.54) is 11.1 Å². The van der Waals surface area contributed by atoms with Gasteiger partial charge < -0.3 is 5.32 Å². The van der Waals surface area contributed by atoms with Gasteiger partial charge in [-0.1, -0.05) is 6.07 Å². The number of hydrogen-bond acceptors (Lipinski definition) is 3. The van der Waals surface area contributed by atoms with Crippen LogP contribution in [-0.4, -0.2) is 14.8 Å². The van der Waals surface area contributed by atoms with Crippen LogP contribution < -0.4 is 5.32 Å². The molecule has 0 saturated carbocycles. The van der Waals surface area contributed by atoms with Crippen molar-refractivity contribution >= 4 is 0 Å². The number of nitrogens with one attached hydrogen (secondary N) is 1. The molecule has 0 aliphatic heterocycles. The summed E-state index contributed by atoms with van der Waals surface area (Å²) in [5, 5.41) is 7.62. The minimum Gasteiger partial charge on any atom is -0.308 e. The first-order chi connectivity index (χ1) is 8.28. The summed E-state index contributed by atoms with van der Waals surface area (Å²) in [6, 6.07) is 4.14. The zero-order chi connectivity index (χ0) is 12.1. The molecule has 90 valence electrons. The van der Waals surface area contributed by atoms with E-state index >= 15 is 0 Å². The molecule has 2 aromatic heterocycles. The minimum atomic E-state index is 0.838. The van der Waals surface area contributed by atoms with Crippen LogP contribution in [0.2, 0.25) is 0 Å². The van der Waals surface area contributed by atoms with Gasteiger partial charge in [-0.05, 0) is 25.5 Å². The van der Waals surface area contributed by atoms with Crippen LogP contribution in [0.5, 0.6) is 0 Å². The van der Waals surface area contributed by atoms with Crippen LogP contribution in [0.15, 0.2) is 30.7 Å². The smallest absolute Gasteiger partial charge is 0.0534 e. The van der Waals surface area contributed by atoms with Crippen LogP contribution in [0.25, 0.3) is 0 Å². The highest BCUT2D eigenvalue weighted by molar-refractivity contribution is 5.13. The fourth-order valence-electron chi connectivity index (χ4n) is 1.62. The fourth-order valence-corrected chi connectivity index (χ4v) is 1.62. The van der Waals surface area contributed by atoms with E-state index in [0.717, 1.165) is 25.3 Å². The van der Waals surface area contributed by atoms with E-state index in [4.69, 9.17) is 0 Å². The normalized spacial score (nSPS) is 10.7. The van der Waals surface area contributed by atoms with Gasteiger partial charge in [-0.2, -0.15) is 5.10 Å². The van der Waals surface area contributed by atoms with E-state index in [1.807, 2.05) is 30.1 Å². The van der Waals surface area contributed by atoms with Crippen LogP contribution in [0.1, 0.15) is 23.7 Å². The predicted octanol–water partition coefficient (Wildman–Crippen LogP) is 1.90. The predicted molar refractivity (Wildman–Crippen MR) is 67.4 cm³/mol. The van der Waals surface area contributed by atoms with Gasteiger partial charge in [0, 0.05) is 43.3 Å². The summed E-state index contributed by atoms with van der Waals surface area (Å²) in [5.41, 5.74) is 3.48. The van der Waals surface area contributed by atoms with Crippen LogP contribution >= 0.6 is 0 Å². The zero-order valence-electron chi connectivity index (χ0n) is 10.3. The molecule has 0 saturated heterocycles. The first kappa shape index (κ1) is 11.8. The summed E-state index contributed by atoms with van der Waals surface area (Å²) in [7, 11) is 0. The van der Waals surface area contributed by atoms with Gasteiger partial charge in [-0.15, -0.1) is 0 Å². The van der Waals surface area contributed by atoms with Gasteiger partial charge in [-0.25, -0.2) is 0 Å². The summed E-state index contributed by atoms with van der Waals surface area (Å²) in [6.07, 6.45) is 5.89. The lowest BCUT2D eigenvalue weighted by Gasteiger charge is -2.03. The van der Waals surface area contributed by atoms with Crippen molar-refractivity contribution in [1.29, 1.82) is 0 Å². The maximum atomic E-state index is 4.27.